The van der Waals surface area contributed by atoms with E-state index in [1.54, 1.807) is 7.11 Å². The van der Waals surface area contributed by atoms with E-state index in [0.29, 0.717) is 12.1 Å². The summed E-state index contributed by atoms with van der Waals surface area (Å²) in [4.78, 5) is 11.4. The molecule has 13 heavy (non-hydrogen) atoms. The average molecular weight is 185 g/mol. The minimum Gasteiger partial charge on any atom is -0.367 e. The Morgan fingerprint density at radius 2 is 2.00 bits per heavy atom. The van der Waals surface area contributed by atoms with Crippen molar-refractivity contribution >= 4 is 5.78 Å². The molecule has 0 heterocycles. The molecular weight excluding hydrogens is 166 g/mol. The van der Waals surface area contributed by atoms with Crippen LogP contribution in [0.25, 0.3) is 0 Å². The van der Waals surface area contributed by atoms with Crippen molar-refractivity contribution in [1.29, 1.82) is 0 Å². The van der Waals surface area contributed by atoms with E-state index < -0.39 is 0 Å². The lowest BCUT2D eigenvalue weighted by Gasteiger charge is -2.13. The summed E-state index contributed by atoms with van der Waals surface area (Å²) in [6.45, 7) is 9.83. The van der Waals surface area contributed by atoms with Gasteiger partial charge in [0.1, 0.15) is 6.23 Å². The van der Waals surface area contributed by atoms with Crippen LogP contribution in [0, 0.1) is 5.92 Å². The van der Waals surface area contributed by atoms with Crippen molar-refractivity contribution in [1.82, 2.24) is 5.32 Å². The Labute approximate surface area is 80.2 Å². The van der Waals surface area contributed by atoms with E-state index in [4.69, 9.17) is 4.74 Å². The van der Waals surface area contributed by atoms with E-state index >= 15 is 0 Å². The van der Waals surface area contributed by atoms with Crippen LogP contribution in [0.3, 0.4) is 0 Å². The van der Waals surface area contributed by atoms with Crippen LogP contribution in [0.4, 0.5) is 0 Å². The lowest BCUT2D eigenvalue weighted by Crippen LogP contribution is -2.31. The van der Waals surface area contributed by atoms with Gasteiger partial charge < -0.3 is 4.74 Å². The van der Waals surface area contributed by atoms with Gasteiger partial charge in [-0.3, -0.25) is 10.1 Å². The summed E-state index contributed by atoms with van der Waals surface area (Å²) in [5.41, 5.74) is 0.610. The van der Waals surface area contributed by atoms with Gasteiger partial charge in [0, 0.05) is 25.1 Å². The normalized spacial score (nSPS) is 13.0. The van der Waals surface area contributed by atoms with Crippen molar-refractivity contribution in [2.45, 2.75) is 27.0 Å². The van der Waals surface area contributed by atoms with Gasteiger partial charge in [0.2, 0.25) is 0 Å². The third kappa shape index (κ3) is 4.80. The van der Waals surface area contributed by atoms with Crippen molar-refractivity contribution in [3.8, 4) is 0 Å². The van der Waals surface area contributed by atoms with Crippen molar-refractivity contribution in [3.63, 3.8) is 0 Å². The number of rotatable bonds is 6. The van der Waals surface area contributed by atoms with E-state index in [-0.39, 0.29) is 17.9 Å². The molecule has 0 saturated carbocycles. The van der Waals surface area contributed by atoms with E-state index in [1.165, 1.54) is 0 Å². The van der Waals surface area contributed by atoms with E-state index in [0.717, 1.165) is 0 Å². The molecule has 76 valence electrons. The van der Waals surface area contributed by atoms with Crippen LogP contribution in [0.15, 0.2) is 12.2 Å². The molecule has 1 N–H and O–H groups in total. The lowest BCUT2D eigenvalue weighted by molar-refractivity contribution is -0.118. The zero-order valence-corrected chi connectivity index (χ0v) is 8.89. The monoisotopic (exact) mass is 185 g/mol. The zero-order valence-electron chi connectivity index (χ0n) is 8.89. The van der Waals surface area contributed by atoms with E-state index in [9.17, 15) is 4.79 Å². The number of nitrogens with one attached hydrogen (secondary N) is 1. The van der Waals surface area contributed by atoms with Gasteiger partial charge >= 0.3 is 0 Å². The summed E-state index contributed by atoms with van der Waals surface area (Å²) in [5.74, 6) is 0.128. The maximum absolute atomic E-state index is 11.4. The van der Waals surface area contributed by atoms with E-state index in [1.807, 2.05) is 20.8 Å². The topological polar surface area (TPSA) is 38.3 Å². The maximum atomic E-state index is 11.4. The number of hydrogen-bond donors (Lipinski definition) is 1. The Morgan fingerprint density at radius 1 is 1.46 bits per heavy atom. The number of methoxy groups -OCH3 is 1. The van der Waals surface area contributed by atoms with Crippen molar-refractivity contribution in [3.05, 3.63) is 12.2 Å². The Hall–Kier alpha value is -0.670. The molecule has 0 aromatic rings. The highest BCUT2D eigenvalue weighted by molar-refractivity contribution is 5.96. The summed E-state index contributed by atoms with van der Waals surface area (Å²) < 4.78 is 4.98. The molecule has 0 bridgehead atoms. The van der Waals surface area contributed by atoms with Crippen LogP contribution in [-0.2, 0) is 9.53 Å². The summed E-state index contributed by atoms with van der Waals surface area (Å²) in [6, 6.07) is 0. The molecule has 0 aromatic carbocycles. The molecule has 0 radical (unpaired) electrons. The van der Waals surface area contributed by atoms with Crippen molar-refractivity contribution < 1.29 is 9.53 Å². The molecule has 0 amide bonds. The van der Waals surface area contributed by atoms with Crippen LogP contribution in [-0.4, -0.2) is 25.7 Å². The highest BCUT2D eigenvalue weighted by Gasteiger charge is 2.11. The second-order valence-electron chi connectivity index (χ2n) is 3.38. The van der Waals surface area contributed by atoms with Crippen LogP contribution in [0.5, 0.6) is 0 Å². The first kappa shape index (κ1) is 12.3. The van der Waals surface area contributed by atoms with Crippen LogP contribution < -0.4 is 5.32 Å². The number of hydrogen-bond acceptors (Lipinski definition) is 3. The summed E-state index contributed by atoms with van der Waals surface area (Å²) in [5, 5.41) is 3.03. The van der Waals surface area contributed by atoms with E-state index in [2.05, 4.69) is 11.9 Å². The predicted molar refractivity (Wildman–Crippen MR) is 53.5 cm³/mol. The number of ketones is 1. The predicted octanol–water partition coefficient (Wildman–Crippen LogP) is 1.35. The van der Waals surface area contributed by atoms with Crippen LogP contribution >= 0.6 is 0 Å². The quantitative estimate of drug-likeness (QED) is 0.501. The Balaban J connectivity index is 3.81. The average Bonchev–Trinajstić information content (AvgIpc) is 2.11. The minimum absolute atomic E-state index is 0.0205. The van der Waals surface area contributed by atoms with Crippen LogP contribution in [0.1, 0.15) is 20.8 Å². The molecule has 0 fully saturated rings. The van der Waals surface area contributed by atoms with Gasteiger partial charge in [0.05, 0.1) is 0 Å². The molecule has 0 aliphatic heterocycles. The highest BCUT2D eigenvalue weighted by atomic mass is 16.5. The molecule has 0 rings (SSSR count). The molecule has 0 aromatic heterocycles. The third-order valence-corrected chi connectivity index (χ3v) is 1.83. The molecule has 0 spiro atoms. The second kappa shape index (κ2) is 5.89. The van der Waals surface area contributed by atoms with Gasteiger partial charge in [-0.15, -0.1) is 0 Å². The zero-order chi connectivity index (χ0) is 10.4. The van der Waals surface area contributed by atoms with Gasteiger partial charge in [0.25, 0.3) is 0 Å². The number of carbonyl (C=O) groups is 1. The second-order valence-corrected chi connectivity index (χ2v) is 3.38. The summed E-state index contributed by atoms with van der Waals surface area (Å²) in [6.07, 6.45) is -0.0447. The molecule has 1 atom stereocenters. The van der Waals surface area contributed by atoms with Crippen molar-refractivity contribution in [2.75, 3.05) is 13.7 Å². The number of ether oxygens (including phenoxy) is 1. The van der Waals surface area contributed by atoms with Gasteiger partial charge in [-0.2, -0.15) is 0 Å². The molecule has 0 aliphatic rings. The van der Waals surface area contributed by atoms with Gasteiger partial charge in [-0.05, 0) is 6.92 Å². The van der Waals surface area contributed by atoms with Gasteiger partial charge in [0.15, 0.2) is 5.78 Å². The molecular formula is C10H19NO2. The minimum atomic E-state index is -0.0447. The van der Waals surface area contributed by atoms with Gasteiger partial charge in [-0.1, -0.05) is 20.4 Å². The Morgan fingerprint density at radius 3 is 2.38 bits per heavy atom. The standard InChI is InChI=1S/C10H19NO2/c1-7(2)10(12)8(3)6-11-9(4)13-5/h7,9,11H,3,6H2,1-2,4-5H3. The fourth-order valence-electron chi connectivity index (χ4n) is 0.846. The summed E-state index contributed by atoms with van der Waals surface area (Å²) >= 11 is 0. The Bertz CT molecular complexity index is 187. The molecule has 1 unspecified atom stereocenters. The highest BCUT2D eigenvalue weighted by Crippen LogP contribution is 2.02. The van der Waals surface area contributed by atoms with Crippen molar-refractivity contribution in [2.24, 2.45) is 5.92 Å². The fourth-order valence-corrected chi connectivity index (χ4v) is 0.846. The number of carbonyl (C=O) groups excluding carboxylic acids is 1. The first-order valence-electron chi connectivity index (χ1n) is 4.47. The first-order chi connectivity index (χ1) is 5.99. The number of Topliss-reactive ketones (excluding diaryl/α,β-unsaturated/α-hetero) is 1. The van der Waals surface area contributed by atoms with Gasteiger partial charge in [-0.25, -0.2) is 0 Å². The first-order valence-corrected chi connectivity index (χ1v) is 4.47. The molecule has 0 saturated heterocycles. The SMILES string of the molecule is C=C(CNC(C)OC)C(=O)C(C)C. The lowest BCUT2D eigenvalue weighted by atomic mass is 10.0. The molecule has 3 heteroatoms. The Kier molecular flexibility index (Phi) is 5.58. The smallest absolute Gasteiger partial charge is 0.162 e. The maximum Gasteiger partial charge on any atom is 0.162 e. The third-order valence-electron chi connectivity index (χ3n) is 1.83. The molecule has 0 aliphatic carbocycles. The summed E-state index contributed by atoms with van der Waals surface area (Å²) in [7, 11) is 1.62. The molecule has 3 nitrogen and oxygen atoms in total. The largest absolute Gasteiger partial charge is 0.367 e. The fraction of sp³-hybridized carbons (Fsp3) is 0.700. The van der Waals surface area contributed by atoms with Crippen LogP contribution in [0.2, 0.25) is 0 Å².